The van der Waals surface area contributed by atoms with E-state index in [0.717, 1.165) is 25.1 Å². The highest BCUT2D eigenvalue weighted by atomic mass is 19.4. The fraction of sp³-hybridized carbons (Fsp3) is 0.520. The molecule has 6 rings (SSSR count). The molecular weight excluding hydrogens is 533 g/mol. The summed E-state index contributed by atoms with van der Waals surface area (Å²) in [4.78, 5) is 22.0. The van der Waals surface area contributed by atoms with E-state index in [1.165, 1.54) is 30.9 Å². The molecular formula is C25H29F3N8O4. The van der Waals surface area contributed by atoms with Crippen molar-refractivity contribution in [1.29, 1.82) is 0 Å². The number of benzene rings is 1. The van der Waals surface area contributed by atoms with Crippen LogP contribution >= 0.6 is 0 Å². The van der Waals surface area contributed by atoms with Crippen molar-refractivity contribution in [3.63, 3.8) is 0 Å². The summed E-state index contributed by atoms with van der Waals surface area (Å²) in [5.74, 6) is 1.12. The van der Waals surface area contributed by atoms with Crippen LogP contribution in [0, 0.1) is 5.92 Å². The summed E-state index contributed by atoms with van der Waals surface area (Å²) in [6, 6.07) is 4.37. The average molecular weight is 563 g/mol. The molecule has 0 radical (unpaired) electrons. The summed E-state index contributed by atoms with van der Waals surface area (Å²) in [6.07, 6.45) is -2.22. The number of nitrogens with one attached hydrogen (secondary N) is 1. The standard InChI is InChI=1S/C25H29F3N8O4/c1-35(9-17-20(37)21(38)24(39-17)36-11-32-19-22(29)30-10-31-23(19)36)13-6-12(7-13)2-5-18-33-15-4-3-14(8-16(15)34-18)40-25(26,27)28/h3-4,8,10-13,17,20-21,24,37-38H,2,5-7,9H2,1H3,(H,33,34)(H2,29,30,31)/t12-,13+,17-,20-,21-,24-/m1/s1. The molecule has 2 aliphatic rings. The second-order valence-corrected chi connectivity index (χ2v) is 10.5. The smallest absolute Gasteiger partial charge is 0.406 e. The van der Waals surface area contributed by atoms with Crippen LogP contribution in [0.5, 0.6) is 5.75 Å². The molecule has 15 heteroatoms. The van der Waals surface area contributed by atoms with Gasteiger partial charge in [-0.25, -0.2) is 19.9 Å². The van der Waals surface area contributed by atoms with Crippen LogP contribution in [0.4, 0.5) is 19.0 Å². The molecule has 1 aliphatic carbocycles. The van der Waals surface area contributed by atoms with E-state index in [-0.39, 0.29) is 11.6 Å². The van der Waals surface area contributed by atoms with Gasteiger partial charge >= 0.3 is 6.36 Å². The number of nitrogen functional groups attached to an aromatic ring is 1. The lowest BCUT2D eigenvalue weighted by Gasteiger charge is -2.42. The molecule has 214 valence electrons. The number of aliphatic hydroxyl groups is 2. The number of aromatic amines is 1. The van der Waals surface area contributed by atoms with E-state index in [4.69, 9.17) is 10.5 Å². The number of aryl methyl sites for hydroxylation is 1. The zero-order valence-electron chi connectivity index (χ0n) is 21.5. The number of likely N-dealkylation sites (N-methyl/N-ethyl adjacent to an activating group) is 1. The van der Waals surface area contributed by atoms with Gasteiger partial charge in [0.1, 0.15) is 41.7 Å². The van der Waals surface area contributed by atoms with Crippen molar-refractivity contribution in [2.75, 3.05) is 19.3 Å². The number of halogens is 3. The highest BCUT2D eigenvalue weighted by molar-refractivity contribution is 5.81. The molecule has 4 aromatic rings. The SMILES string of the molecule is CN(C[C@H]1O[C@@H](n2cnc3c(N)ncnc32)[C@H](O)[C@@H]1O)[C@H]1C[C@@H](CCc2nc3cc(OC(F)(F)F)ccc3[nH]2)C1. The first-order chi connectivity index (χ1) is 19.1. The minimum atomic E-state index is -4.75. The van der Waals surface area contributed by atoms with E-state index < -0.39 is 30.9 Å². The Kier molecular flexibility index (Phi) is 6.76. The zero-order chi connectivity index (χ0) is 28.2. The summed E-state index contributed by atoms with van der Waals surface area (Å²) < 4.78 is 49.0. The Labute approximate surface area is 226 Å². The third-order valence-electron chi connectivity index (χ3n) is 7.83. The van der Waals surface area contributed by atoms with Crippen LogP contribution in [-0.4, -0.2) is 88.9 Å². The highest BCUT2D eigenvalue weighted by Crippen LogP contribution is 2.37. The Morgan fingerprint density at radius 3 is 2.77 bits per heavy atom. The first-order valence-electron chi connectivity index (χ1n) is 12.9. The fourth-order valence-corrected chi connectivity index (χ4v) is 5.59. The van der Waals surface area contributed by atoms with Gasteiger partial charge in [0.2, 0.25) is 0 Å². The molecule has 4 atom stereocenters. The first kappa shape index (κ1) is 26.7. The molecule has 1 saturated carbocycles. The van der Waals surface area contributed by atoms with Gasteiger partial charge < -0.3 is 35.3 Å². The van der Waals surface area contributed by atoms with Crippen LogP contribution in [0.25, 0.3) is 22.2 Å². The number of anilines is 1. The van der Waals surface area contributed by atoms with Gasteiger partial charge in [-0.05, 0) is 44.4 Å². The number of fused-ring (bicyclic) bond motifs is 2. The molecule has 12 nitrogen and oxygen atoms in total. The maximum absolute atomic E-state index is 12.5. The third kappa shape index (κ3) is 5.16. The van der Waals surface area contributed by atoms with E-state index in [2.05, 4.69) is 34.6 Å². The van der Waals surface area contributed by atoms with E-state index in [9.17, 15) is 23.4 Å². The number of alkyl halides is 3. The number of aliphatic hydroxyl groups excluding tert-OH is 2. The summed E-state index contributed by atoms with van der Waals surface area (Å²) in [5.41, 5.74) is 7.76. The summed E-state index contributed by atoms with van der Waals surface area (Å²) in [5, 5.41) is 21.4. The maximum atomic E-state index is 12.5. The summed E-state index contributed by atoms with van der Waals surface area (Å²) in [6.45, 7) is 0.432. The number of H-pyrrole nitrogens is 1. The van der Waals surface area contributed by atoms with Crippen LogP contribution < -0.4 is 10.5 Å². The molecule has 2 fully saturated rings. The zero-order valence-corrected chi connectivity index (χ0v) is 21.5. The van der Waals surface area contributed by atoms with Crippen LogP contribution in [0.2, 0.25) is 0 Å². The Morgan fingerprint density at radius 1 is 1.20 bits per heavy atom. The molecule has 0 bridgehead atoms. The van der Waals surface area contributed by atoms with E-state index in [1.54, 1.807) is 4.57 Å². The molecule has 3 aromatic heterocycles. The predicted octanol–water partition coefficient (Wildman–Crippen LogP) is 2.15. The predicted molar refractivity (Wildman–Crippen MR) is 136 cm³/mol. The number of imidazole rings is 2. The van der Waals surface area contributed by atoms with E-state index >= 15 is 0 Å². The first-order valence-corrected chi connectivity index (χ1v) is 12.9. The van der Waals surface area contributed by atoms with Crippen molar-refractivity contribution in [1.82, 2.24) is 34.4 Å². The van der Waals surface area contributed by atoms with Gasteiger partial charge in [0.25, 0.3) is 0 Å². The third-order valence-corrected chi connectivity index (χ3v) is 7.83. The van der Waals surface area contributed by atoms with E-state index in [0.29, 0.717) is 47.1 Å². The fourth-order valence-electron chi connectivity index (χ4n) is 5.59. The van der Waals surface area contributed by atoms with Crippen molar-refractivity contribution >= 4 is 28.0 Å². The Morgan fingerprint density at radius 2 is 2.00 bits per heavy atom. The second kappa shape index (κ2) is 10.1. The number of ether oxygens (including phenoxy) is 2. The average Bonchev–Trinajstić information content (AvgIpc) is 3.54. The monoisotopic (exact) mass is 562 g/mol. The number of aromatic nitrogens is 6. The van der Waals surface area contributed by atoms with Crippen LogP contribution in [0.1, 0.15) is 31.3 Å². The van der Waals surface area contributed by atoms with Crippen molar-refractivity contribution in [2.45, 2.75) is 62.6 Å². The number of hydrogen-bond donors (Lipinski definition) is 4. The minimum Gasteiger partial charge on any atom is -0.406 e. The van der Waals surface area contributed by atoms with Gasteiger partial charge in [0.05, 0.1) is 17.4 Å². The lowest BCUT2D eigenvalue weighted by Crippen LogP contribution is -2.47. The molecule has 40 heavy (non-hydrogen) atoms. The normalized spacial score (nSPS) is 27.1. The van der Waals surface area contributed by atoms with Crippen molar-refractivity contribution in [3.05, 3.63) is 36.7 Å². The molecule has 5 N–H and O–H groups in total. The molecule has 4 heterocycles. The van der Waals surface area contributed by atoms with Gasteiger partial charge in [0, 0.05) is 25.1 Å². The minimum absolute atomic E-state index is 0.220. The number of nitrogens with zero attached hydrogens (tertiary/aromatic N) is 6. The highest BCUT2D eigenvalue weighted by Gasteiger charge is 2.45. The van der Waals surface area contributed by atoms with Crippen molar-refractivity contribution in [3.8, 4) is 5.75 Å². The Hall–Kier alpha value is -3.53. The maximum Gasteiger partial charge on any atom is 0.573 e. The number of nitrogens with two attached hydrogens (primary N) is 1. The van der Waals surface area contributed by atoms with Crippen molar-refractivity contribution in [2.24, 2.45) is 5.92 Å². The molecule has 1 saturated heterocycles. The molecule has 1 aliphatic heterocycles. The van der Waals surface area contributed by atoms with Crippen LogP contribution in [0.15, 0.2) is 30.9 Å². The van der Waals surface area contributed by atoms with Gasteiger partial charge in [-0.1, -0.05) is 0 Å². The lowest BCUT2D eigenvalue weighted by molar-refractivity contribution is -0.274. The van der Waals surface area contributed by atoms with Crippen LogP contribution in [-0.2, 0) is 11.2 Å². The molecule has 0 unspecified atom stereocenters. The van der Waals surface area contributed by atoms with Gasteiger partial charge in [-0.3, -0.25) is 4.57 Å². The summed E-state index contributed by atoms with van der Waals surface area (Å²) >= 11 is 0. The largest absolute Gasteiger partial charge is 0.573 e. The van der Waals surface area contributed by atoms with Crippen molar-refractivity contribution < 1.29 is 32.9 Å². The molecule has 1 aromatic carbocycles. The van der Waals surface area contributed by atoms with Gasteiger partial charge in [0.15, 0.2) is 17.7 Å². The second-order valence-electron chi connectivity index (χ2n) is 10.5. The Bertz CT molecular complexity index is 1500. The number of rotatable bonds is 8. The quantitative estimate of drug-likeness (QED) is 0.251. The van der Waals surface area contributed by atoms with Gasteiger partial charge in [-0.2, -0.15) is 0 Å². The molecule has 0 spiro atoms. The Balaban J connectivity index is 0.999. The summed E-state index contributed by atoms with van der Waals surface area (Å²) in [7, 11) is 1.97. The number of hydrogen-bond acceptors (Lipinski definition) is 10. The topological polar surface area (TPSA) is 160 Å². The van der Waals surface area contributed by atoms with Crippen LogP contribution in [0.3, 0.4) is 0 Å². The molecule has 0 amide bonds. The lowest BCUT2D eigenvalue weighted by atomic mass is 9.76. The van der Waals surface area contributed by atoms with E-state index in [1.807, 2.05) is 7.05 Å². The van der Waals surface area contributed by atoms with Gasteiger partial charge in [-0.15, -0.1) is 13.2 Å².